The molecule has 0 aliphatic carbocycles. The lowest BCUT2D eigenvalue weighted by atomic mass is 10.1. The number of carbonyl (C=O) groups excluding carboxylic acids is 1. The van der Waals surface area contributed by atoms with E-state index in [4.69, 9.17) is 0 Å². The number of hydrogen-bond acceptors (Lipinski definition) is 2. The fourth-order valence-corrected chi connectivity index (χ4v) is 1.66. The number of rotatable bonds is 0. The van der Waals surface area contributed by atoms with Crippen molar-refractivity contribution in [1.82, 2.24) is 4.98 Å². The summed E-state index contributed by atoms with van der Waals surface area (Å²) >= 11 is 3.31. The van der Waals surface area contributed by atoms with Gasteiger partial charge in [0.2, 0.25) is 0 Å². The molecule has 2 rings (SSSR count). The van der Waals surface area contributed by atoms with E-state index in [-0.39, 0.29) is 5.91 Å². The fraction of sp³-hybridized carbons (Fsp3) is 0.111. The van der Waals surface area contributed by atoms with Gasteiger partial charge in [-0.2, -0.15) is 0 Å². The van der Waals surface area contributed by atoms with E-state index in [9.17, 15) is 4.79 Å². The molecule has 4 heteroatoms. The van der Waals surface area contributed by atoms with Crippen LogP contribution in [0.15, 0.2) is 22.8 Å². The number of aromatic nitrogens is 1. The van der Waals surface area contributed by atoms with Gasteiger partial charge in [-0.1, -0.05) is 6.08 Å². The molecule has 0 unspecified atom stereocenters. The maximum atomic E-state index is 11.3. The highest BCUT2D eigenvalue weighted by molar-refractivity contribution is 9.10. The summed E-state index contributed by atoms with van der Waals surface area (Å²) in [5, 5.41) is 2.69. The number of halogens is 1. The van der Waals surface area contributed by atoms with Gasteiger partial charge in [0.05, 0.1) is 0 Å². The lowest BCUT2D eigenvalue weighted by Gasteiger charge is -1.96. The van der Waals surface area contributed by atoms with Crippen molar-refractivity contribution < 1.29 is 4.79 Å². The zero-order valence-electron chi connectivity index (χ0n) is 6.97. The third kappa shape index (κ3) is 1.27. The number of allylic oxidation sites excluding steroid dienone is 1. The summed E-state index contributed by atoms with van der Waals surface area (Å²) in [7, 11) is 0. The zero-order valence-corrected chi connectivity index (χ0v) is 8.55. The van der Waals surface area contributed by atoms with Gasteiger partial charge < -0.3 is 5.32 Å². The molecule has 1 aromatic rings. The lowest BCUT2D eigenvalue weighted by Crippen LogP contribution is -2.03. The van der Waals surface area contributed by atoms with Crippen LogP contribution in [-0.2, 0) is 4.79 Å². The second kappa shape index (κ2) is 2.96. The van der Waals surface area contributed by atoms with Crippen molar-refractivity contribution in [2.45, 2.75) is 6.92 Å². The van der Waals surface area contributed by atoms with E-state index in [1.165, 1.54) is 0 Å². The van der Waals surface area contributed by atoms with E-state index >= 15 is 0 Å². The summed E-state index contributed by atoms with van der Waals surface area (Å²) in [4.78, 5) is 15.4. The minimum Gasteiger partial charge on any atom is -0.306 e. The molecular formula is C9H7BrN2O. The van der Waals surface area contributed by atoms with Crippen LogP contribution in [0.1, 0.15) is 12.5 Å². The Morgan fingerprint density at radius 2 is 2.38 bits per heavy atom. The topological polar surface area (TPSA) is 42.0 Å². The van der Waals surface area contributed by atoms with Crippen molar-refractivity contribution in [1.29, 1.82) is 0 Å². The third-order valence-electron chi connectivity index (χ3n) is 1.91. The molecule has 66 valence electrons. The van der Waals surface area contributed by atoms with E-state index in [2.05, 4.69) is 26.2 Å². The largest absolute Gasteiger partial charge is 0.306 e. The molecule has 0 saturated heterocycles. The molecule has 1 amide bonds. The van der Waals surface area contributed by atoms with Crippen molar-refractivity contribution in [3.05, 3.63) is 28.4 Å². The Labute approximate surface area is 84.0 Å². The molecule has 0 atom stereocenters. The van der Waals surface area contributed by atoms with Crippen LogP contribution in [0.3, 0.4) is 0 Å². The first-order valence-corrected chi connectivity index (χ1v) is 4.65. The second-order valence-electron chi connectivity index (χ2n) is 2.71. The van der Waals surface area contributed by atoms with Gasteiger partial charge in [0.15, 0.2) is 0 Å². The van der Waals surface area contributed by atoms with Gasteiger partial charge in [-0.3, -0.25) is 4.79 Å². The summed E-state index contributed by atoms with van der Waals surface area (Å²) in [6.07, 6.45) is 3.45. The summed E-state index contributed by atoms with van der Waals surface area (Å²) in [5.41, 5.74) is 1.55. The monoisotopic (exact) mass is 238 g/mol. The van der Waals surface area contributed by atoms with Crippen molar-refractivity contribution in [3.63, 3.8) is 0 Å². The van der Waals surface area contributed by atoms with Gasteiger partial charge in [-0.15, -0.1) is 0 Å². The number of nitrogens with one attached hydrogen (secondary N) is 1. The second-order valence-corrected chi connectivity index (χ2v) is 3.62. The van der Waals surface area contributed by atoms with Crippen molar-refractivity contribution >= 4 is 33.2 Å². The number of carbonyl (C=O) groups is 1. The Morgan fingerprint density at radius 3 is 3.08 bits per heavy atom. The van der Waals surface area contributed by atoms with Crippen LogP contribution in [0, 0.1) is 0 Å². The minimum atomic E-state index is -0.0805. The first kappa shape index (κ1) is 8.44. The average Bonchev–Trinajstić information content (AvgIpc) is 2.40. The highest BCUT2D eigenvalue weighted by atomic mass is 79.9. The number of anilines is 1. The number of amides is 1. The fourth-order valence-electron chi connectivity index (χ4n) is 1.33. The SMILES string of the molecule is C/C=C1\C(=O)Nc2ncc(Br)cc21. The Kier molecular flexibility index (Phi) is 1.92. The average molecular weight is 239 g/mol. The van der Waals surface area contributed by atoms with E-state index in [1.54, 1.807) is 12.3 Å². The smallest absolute Gasteiger partial charge is 0.257 e. The predicted molar refractivity (Wildman–Crippen MR) is 54.2 cm³/mol. The van der Waals surface area contributed by atoms with Gasteiger partial charge in [-0.05, 0) is 28.9 Å². The molecule has 0 aromatic carbocycles. The molecule has 0 fully saturated rings. The first-order valence-electron chi connectivity index (χ1n) is 3.86. The molecule has 1 aliphatic heterocycles. The normalized spacial score (nSPS) is 17.4. The molecule has 0 saturated carbocycles. The van der Waals surface area contributed by atoms with E-state index in [0.717, 1.165) is 10.0 Å². The van der Waals surface area contributed by atoms with E-state index < -0.39 is 0 Å². The van der Waals surface area contributed by atoms with Gasteiger partial charge in [0.1, 0.15) is 5.82 Å². The van der Waals surface area contributed by atoms with Crippen LogP contribution >= 0.6 is 15.9 Å². The van der Waals surface area contributed by atoms with Gasteiger partial charge in [-0.25, -0.2) is 4.98 Å². The first-order chi connectivity index (χ1) is 6.22. The zero-order chi connectivity index (χ0) is 9.42. The molecule has 1 N–H and O–H groups in total. The molecular weight excluding hydrogens is 232 g/mol. The van der Waals surface area contributed by atoms with Crippen LogP contribution in [0.4, 0.5) is 5.82 Å². The Morgan fingerprint density at radius 1 is 1.62 bits per heavy atom. The lowest BCUT2D eigenvalue weighted by molar-refractivity contribution is -0.110. The Bertz CT molecular complexity index is 412. The van der Waals surface area contributed by atoms with Crippen LogP contribution in [0.25, 0.3) is 5.57 Å². The molecule has 2 heterocycles. The molecule has 0 bridgehead atoms. The summed E-state index contributed by atoms with van der Waals surface area (Å²) in [6.45, 7) is 1.84. The van der Waals surface area contributed by atoms with Crippen LogP contribution in [-0.4, -0.2) is 10.9 Å². The van der Waals surface area contributed by atoms with E-state index in [1.807, 2.05) is 13.0 Å². The quantitative estimate of drug-likeness (QED) is 0.705. The van der Waals surface area contributed by atoms with Crippen LogP contribution in [0.5, 0.6) is 0 Å². The summed E-state index contributed by atoms with van der Waals surface area (Å²) in [6, 6.07) is 1.88. The van der Waals surface area contributed by atoms with Crippen molar-refractivity contribution in [2.24, 2.45) is 0 Å². The summed E-state index contributed by atoms with van der Waals surface area (Å²) < 4.78 is 0.877. The third-order valence-corrected chi connectivity index (χ3v) is 2.34. The predicted octanol–water partition coefficient (Wildman–Crippen LogP) is 2.20. The molecule has 3 nitrogen and oxygen atoms in total. The van der Waals surface area contributed by atoms with Gasteiger partial charge in [0.25, 0.3) is 5.91 Å². The van der Waals surface area contributed by atoms with Gasteiger partial charge >= 0.3 is 0 Å². The van der Waals surface area contributed by atoms with Crippen LogP contribution < -0.4 is 5.32 Å². The number of hydrogen-bond donors (Lipinski definition) is 1. The molecule has 0 radical (unpaired) electrons. The maximum absolute atomic E-state index is 11.3. The number of pyridine rings is 1. The van der Waals surface area contributed by atoms with Crippen molar-refractivity contribution in [3.8, 4) is 0 Å². The van der Waals surface area contributed by atoms with Gasteiger partial charge in [0, 0.05) is 21.8 Å². The number of fused-ring (bicyclic) bond motifs is 1. The molecule has 1 aliphatic rings. The van der Waals surface area contributed by atoms with Crippen molar-refractivity contribution in [2.75, 3.05) is 5.32 Å². The highest BCUT2D eigenvalue weighted by Gasteiger charge is 2.24. The Balaban J connectivity index is 2.63. The molecule has 1 aromatic heterocycles. The standard InChI is InChI=1S/C9H7BrN2O/c1-2-6-7-3-5(10)4-11-8(7)12-9(6)13/h2-4H,1H3,(H,11,12,13)/b6-2-. The van der Waals surface area contributed by atoms with E-state index in [0.29, 0.717) is 11.4 Å². The minimum absolute atomic E-state index is 0.0805. The Hall–Kier alpha value is -1.16. The molecule has 0 spiro atoms. The molecule has 13 heavy (non-hydrogen) atoms. The highest BCUT2D eigenvalue weighted by Crippen LogP contribution is 2.31. The van der Waals surface area contributed by atoms with Crippen LogP contribution in [0.2, 0.25) is 0 Å². The summed E-state index contributed by atoms with van der Waals surface area (Å²) in [5.74, 6) is 0.560. The maximum Gasteiger partial charge on any atom is 0.257 e. The number of nitrogens with zero attached hydrogens (tertiary/aromatic N) is 1.